The number of carbonyl (C=O) groups is 1. The number of H-pyrrole nitrogens is 1. The van der Waals surface area contributed by atoms with E-state index < -0.39 is 0 Å². The Kier molecular flexibility index (Phi) is 3.36. The summed E-state index contributed by atoms with van der Waals surface area (Å²) in [7, 11) is 0. The normalized spacial score (nSPS) is 12.9. The fourth-order valence-corrected chi connectivity index (χ4v) is 2.21. The molecule has 0 spiro atoms. The molecule has 1 atom stereocenters. The van der Waals surface area contributed by atoms with Crippen LogP contribution in [0, 0.1) is 0 Å². The molecule has 1 aromatic carbocycles. The summed E-state index contributed by atoms with van der Waals surface area (Å²) in [5.74, 6) is 0.0712. The van der Waals surface area contributed by atoms with Crippen molar-refractivity contribution in [3.8, 4) is 0 Å². The second-order valence-corrected chi connectivity index (χ2v) is 5.12. The van der Waals surface area contributed by atoms with Crippen molar-refractivity contribution >= 4 is 44.2 Å². The Morgan fingerprint density at radius 1 is 1.56 bits per heavy atom. The fourth-order valence-electron chi connectivity index (χ4n) is 1.69. The second-order valence-electron chi connectivity index (χ2n) is 3.60. The van der Waals surface area contributed by atoms with Crippen molar-refractivity contribution in [2.24, 2.45) is 0 Å². The molecule has 2 nitrogen and oxygen atoms in total. The molecule has 1 heterocycles. The van der Waals surface area contributed by atoms with Gasteiger partial charge in [0.1, 0.15) is 0 Å². The van der Waals surface area contributed by atoms with Gasteiger partial charge in [0.2, 0.25) is 0 Å². The standard InChI is InChI=1S/C12H11BrClNO/c1-2-8(13)12(16)7-6-15-10-5-3-4-9(14)11(7)10/h3-6,8,15H,2H2,1H3. The van der Waals surface area contributed by atoms with Crippen LogP contribution in [0.3, 0.4) is 0 Å². The molecule has 84 valence electrons. The first-order chi connectivity index (χ1) is 7.65. The molecule has 1 aromatic heterocycles. The van der Waals surface area contributed by atoms with E-state index in [4.69, 9.17) is 11.6 Å². The van der Waals surface area contributed by atoms with Crippen molar-refractivity contribution in [3.05, 3.63) is 35.0 Å². The van der Waals surface area contributed by atoms with Gasteiger partial charge in [0.15, 0.2) is 5.78 Å². The molecule has 2 rings (SSSR count). The Hall–Kier alpha value is -0.800. The predicted molar refractivity (Wildman–Crippen MR) is 70.6 cm³/mol. The van der Waals surface area contributed by atoms with Crippen LogP contribution in [-0.2, 0) is 0 Å². The van der Waals surface area contributed by atoms with Crippen LogP contribution in [0.2, 0.25) is 5.02 Å². The lowest BCUT2D eigenvalue weighted by atomic mass is 10.1. The van der Waals surface area contributed by atoms with Crippen LogP contribution >= 0.6 is 27.5 Å². The number of rotatable bonds is 3. The molecule has 0 aliphatic rings. The molecule has 16 heavy (non-hydrogen) atoms. The highest BCUT2D eigenvalue weighted by Gasteiger charge is 2.19. The van der Waals surface area contributed by atoms with E-state index in [-0.39, 0.29) is 10.6 Å². The van der Waals surface area contributed by atoms with E-state index >= 15 is 0 Å². The van der Waals surface area contributed by atoms with Crippen molar-refractivity contribution in [3.63, 3.8) is 0 Å². The van der Waals surface area contributed by atoms with E-state index in [9.17, 15) is 4.79 Å². The van der Waals surface area contributed by atoms with Crippen LogP contribution in [0.15, 0.2) is 24.4 Å². The number of hydrogen-bond acceptors (Lipinski definition) is 1. The minimum atomic E-state index is -0.150. The molecule has 2 aromatic rings. The first-order valence-electron chi connectivity index (χ1n) is 5.09. The fraction of sp³-hybridized carbons (Fsp3) is 0.250. The number of nitrogens with one attached hydrogen (secondary N) is 1. The van der Waals surface area contributed by atoms with Gasteiger partial charge in [-0.1, -0.05) is 40.5 Å². The van der Waals surface area contributed by atoms with Crippen LogP contribution in [0.1, 0.15) is 23.7 Å². The zero-order valence-corrected chi connectivity index (χ0v) is 11.1. The van der Waals surface area contributed by atoms with Crippen LogP contribution in [0.25, 0.3) is 10.9 Å². The van der Waals surface area contributed by atoms with Gasteiger partial charge in [0, 0.05) is 22.7 Å². The number of hydrogen-bond donors (Lipinski definition) is 1. The SMILES string of the molecule is CCC(Br)C(=O)c1c[nH]c2cccc(Cl)c12. The summed E-state index contributed by atoms with van der Waals surface area (Å²) < 4.78 is 0. The number of benzene rings is 1. The average molecular weight is 301 g/mol. The number of Topliss-reactive ketones (excluding diaryl/α,β-unsaturated/α-hetero) is 1. The van der Waals surface area contributed by atoms with Crippen molar-refractivity contribution in [1.82, 2.24) is 4.98 Å². The monoisotopic (exact) mass is 299 g/mol. The van der Waals surface area contributed by atoms with Gasteiger partial charge >= 0.3 is 0 Å². The van der Waals surface area contributed by atoms with Crippen molar-refractivity contribution in [1.29, 1.82) is 0 Å². The van der Waals surface area contributed by atoms with Gasteiger partial charge in [-0.05, 0) is 18.6 Å². The van der Waals surface area contributed by atoms with E-state index in [2.05, 4.69) is 20.9 Å². The van der Waals surface area contributed by atoms with Crippen LogP contribution < -0.4 is 0 Å². The average Bonchev–Trinajstić information content (AvgIpc) is 2.72. The zero-order valence-electron chi connectivity index (χ0n) is 8.76. The minimum Gasteiger partial charge on any atom is -0.360 e. The molecule has 0 saturated carbocycles. The highest BCUT2D eigenvalue weighted by molar-refractivity contribution is 9.10. The Morgan fingerprint density at radius 3 is 3.00 bits per heavy atom. The highest BCUT2D eigenvalue weighted by Crippen LogP contribution is 2.28. The van der Waals surface area contributed by atoms with E-state index in [0.717, 1.165) is 17.3 Å². The number of ketones is 1. The third-order valence-corrected chi connectivity index (χ3v) is 3.94. The van der Waals surface area contributed by atoms with Gasteiger partial charge in [-0.15, -0.1) is 0 Å². The van der Waals surface area contributed by atoms with Gasteiger partial charge < -0.3 is 4.98 Å². The largest absolute Gasteiger partial charge is 0.360 e. The van der Waals surface area contributed by atoms with Crippen LogP contribution in [0.4, 0.5) is 0 Å². The summed E-state index contributed by atoms with van der Waals surface area (Å²) in [6.07, 6.45) is 2.48. The van der Waals surface area contributed by atoms with Gasteiger partial charge in [0.25, 0.3) is 0 Å². The highest BCUT2D eigenvalue weighted by atomic mass is 79.9. The summed E-state index contributed by atoms with van der Waals surface area (Å²) in [6.45, 7) is 1.97. The smallest absolute Gasteiger partial charge is 0.178 e. The molecule has 0 aliphatic carbocycles. The third-order valence-electron chi connectivity index (χ3n) is 2.56. The van der Waals surface area contributed by atoms with E-state index in [0.29, 0.717) is 10.6 Å². The first-order valence-corrected chi connectivity index (χ1v) is 6.38. The van der Waals surface area contributed by atoms with Crippen LogP contribution in [0.5, 0.6) is 0 Å². The molecule has 0 amide bonds. The lowest BCUT2D eigenvalue weighted by Crippen LogP contribution is -2.12. The zero-order chi connectivity index (χ0) is 11.7. The molecule has 4 heteroatoms. The minimum absolute atomic E-state index is 0.0712. The molecule has 0 fully saturated rings. The lowest BCUT2D eigenvalue weighted by molar-refractivity contribution is 0.0992. The summed E-state index contributed by atoms with van der Waals surface area (Å²) in [4.78, 5) is 15.0. The number of alkyl halides is 1. The van der Waals surface area contributed by atoms with E-state index in [1.165, 1.54) is 0 Å². The molecular weight excluding hydrogens is 289 g/mol. The maximum absolute atomic E-state index is 12.1. The molecule has 1 unspecified atom stereocenters. The third kappa shape index (κ3) is 1.89. The molecular formula is C12H11BrClNO. The maximum Gasteiger partial charge on any atom is 0.178 e. The molecule has 0 saturated heterocycles. The van der Waals surface area contributed by atoms with Crippen molar-refractivity contribution < 1.29 is 4.79 Å². The number of fused-ring (bicyclic) bond motifs is 1. The van der Waals surface area contributed by atoms with E-state index in [1.54, 1.807) is 12.3 Å². The van der Waals surface area contributed by atoms with Gasteiger partial charge in [0.05, 0.1) is 9.85 Å². The van der Waals surface area contributed by atoms with Crippen molar-refractivity contribution in [2.45, 2.75) is 18.2 Å². The lowest BCUT2D eigenvalue weighted by Gasteiger charge is -2.04. The maximum atomic E-state index is 12.1. The second kappa shape index (κ2) is 4.60. The van der Waals surface area contributed by atoms with Gasteiger partial charge in [-0.25, -0.2) is 0 Å². The quantitative estimate of drug-likeness (QED) is 0.669. The Bertz CT molecular complexity index is 535. The first kappa shape index (κ1) is 11.7. The van der Waals surface area contributed by atoms with Gasteiger partial charge in [-0.3, -0.25) is 4.79 Å². The summed E-state index contributed by atoms with van der Waals surface area (Å²) in [5.41, 5.74) is 1.55. The molecule has 0 aliphatic heterocycles. The van der Waals surface area contributed by atoms with Crippen LogP contribution in [-0.4, -0.2) is 15.6 Å². The van der Waals surface area contributed by atoms with Gasteiger partial charge in [-0.2, -0.15) is 0 Å². The Balaban J connectivity index is 2.57. The number of halogens is 2. The molecule has 0 bridgehead atoms. The molecule has 1 N–H and O–H groups in total. The summed E-state index contributed by atoms with van der Waals surface area (Å²) >= 11 is 9.48. The number of aromatic amines is 1. The van der Waals surface area contributed by atoms with Crippen molar-refractivity contribution in [2.75, 3.05) is 0 Å². The number of aromatic nitrogens is 1. The Morgan fingerprint density at radius 2 is 2.31 bits per heavy atom. The van der Waals surface area contributed by atoms with E-state index in [1.807, 2.05) is 19.1 Å². The number of carbonyl (C=O) groups excluding carboxylic acids is 1. The molecule has 0 radical (unpaired) electrons. The topological polar surface area (TPSA) is 32.9 Å². The Labute approximate surface area is 107 Å². The summed E-state index contributed by atoms with van der Waals surface area (Å²) in [5, 5.41) is 1.42. The summed E-state index contributed by atoms with van der Waals surface area (Å²) in [6, 6.07) is 5.57. The predicted octanol–water partition coefficient (Wildman–Crippen LogP) is 4.18.